The van der Waals surface area contributed by atoms with Crippen LogP contribution in [0.1, 0.15) is 341 Å². The molecule has 0 saturated heterocycles. The van der Waals surface area contributed by atoms with E-state index in [0.29, 0.717) is 17.4 Å². The number of unbranched alkanes of at least 4 members (excludes halogenated alkanes) is 46. The maximum atomic E-state index is 13.0. The highest BCUT2D eigenvalue weighted by atomic mass is 31.2. The zero-order valence-corrected chi connectivity index (χ0v) is 53.1. The minimum Gasteiger partial charge on any atom is -0.756 e. The van der Waals surface area contributed by atoms with Crippen molar-refractivity contribution in [2.24, 2.45) is 0 Å². The molecule has 3 unspecified atom stereocenters. The van der Waals surface area contributed by atoms with Gasteiger partial charge in [0.2, 0.25) is 5.91 Å². The van der Waals surface area contributed by atoms with E-state index >= 15 is 0 Å². The lowest BCUT2D eigenvalue weighted by Crippen LogP contribution is -2.45. The predicted octanol–water partition coefficient (Wildman–Crippen LogP) is 20.6. The lowest BCUT2D eigenvalue weighted by atomic mass is 10.0. The molecule has 0 heterocycles. The lowest BCUT2D eigenvalue weighted by molar-refractivity contribution is -0.870. The molecule has 0 aromatic carbocycles. The highest BCUT2D eigenvalue weighted by Gasteiger charge is 2.23. The van der Waals surface area contributed by atoms with Gasteiger partial charge in [-0.15, -0.1) is 0 Å². The lowest BCUT2D eigenvalue weighted by Gasteiger charge is -2.29. The number of carbonyl (C=O) groups excluding carboxylic acids is 1. The number of phosphoric ester groups is 1. The topological polar surface area (TPSA) is 108 Å². The number of carbonyl (C=O) groups is 1. The summed E-state index contributed by atoms with van der Waals surface area (Å²) in [5.74, 6) is -0.200. The second-order valence-electron chi connectivity index (χ2n) is 24.5. The third-order valence-corrected chi connectivity index (χ3v) is 16.5. The van der Waals surface area contributed by atoms with Crippen molar-refractivity contribution in [2.45, 2.75) is 353 Å². The fourth-order valence-corrected chi connectivity index (χ4v) is 11.0. The first-order chi connectivity index (χ1) is 37.5. The summed E-state index contributed by atoms with van der Waals surface area (Å²) in [5.41, 5.74) is 0. The fraction of sp³-hybridized carbons (Fsp3) is 0.897. The van der Waals surface area contributed by atoms with Crippen molar-refractivity contribution in [1.82, 2.24) is 5.32 Å². The number of aliphatic hydroxyl groups is 1. The molecular weight excluding hydrogens is 972 g/mol. The number of hydrogen-bond donors (Lipinski definition) is 2. The summed E-state index contributed by atoms with van der Waals surface area (Å²) in [5, 5.41) is 13.9. The first-order valence-electron chi connectivity index (χ1n) is 33.9. The Labute approximate surface area is 480 Å². The number of nitrogens with one attached hydrogen (secondary N) is 1. The molecule has 77 heavy (non-hydrogen) atoms. The number of amides is 1. The molecule has 0 bridgehead atoms. The minimum atomic E-state index is -4.61. The van der Waals surface area contributed by atoms with Gasteiger partial charge in [0.25, 0.3) is 7.82 Å². The number of aliphatic hydroxyl groups excluding tert-OH is 1. The monoisotopic (exact) mass is 1100 g/mol. The molecule has 0 radical (unpaired) electrons. The second kappa shape index (κ2) is 59.3. The molecule has 2 N–H and O–H groups in total. The standard InChI is InChI=1S/C68H133N2O6P/c1-6-8-10-12-14-16-18-20-22-24-26-28-29-30-31-32-33-34-35-36-37-38-39-40-41-42-44-46-48-50-52-54-56-58-60-62-68(72)69-66(65-76-77(73,74)75-64-63-70(3,4)5)67(71)61-59-57-55-53-51-49-47-45-43-27-25-23-21-19-17-15-13-11-9-7-2/h24,26,51,53,59,61,66-67,71H,6-23,25,27-50,52,54-58,60,62-65H2,1-5H3,(H-,69,72,73,74)/b26-24-,53-51+,61-59+. The van der Waals surface area contributed by atoms with Gasteiger partial charge >= 0.3 is 0 Å². The Hall–Kier alpha value is -1.28. The van der Waals surface area contributed by atoms with Crippen LogP contribution in [0.25, 0.3) is 0 Å². The van der Waals surface area contributed by atoms with E-state index < -0.39 is 20.0 Å². The van der Waals surface area contributed by atoms with E-state index in [1.165, 1.54) is 283 Å². The van der Waals surface area contributed by atoms with Crippen molar-refractivity contribution >= 4 is 13.7 Å². The molecule has 456 valence electrons. The van der Waals surface area contributed by atoms with Crippen LogP contribution in [0.5, 0.6) is 0 Å². The van der Waals surface area contributed by atoms with Gasteiger partial charge in [-0.2, -0.15) is 0 Å². The number of hydrogen-bond acceptors (Lipinski definition) is 6. The molecule has 3 atom stereocenters. The molecule has 0 aromatic rings. The second-order valence-corrected chi connectivity index (χ2v) is 25.9. The van der Waals surface area contributed by atoms with Gasteiger partial charge in [-0.3, -0.25) is 9.36 Å². The predicted molar refractivity (Wildman–Crippen MR) is 335 cm³/mol. The van der Waals surface area contributed by atoms with E-state index in [0.717, 1.165) is 38.5 Å². The van der Waals surface area contributed by atoms with Crippen LogP contribution in [-0.4, -0.2) is 68.5 Å². The molecule has 0 saturated carbocycles. The van der Waals surface area contributed by atoms with Crippen LogP contribution in [0.4, 0.5) is 0 Å². The number of allylic oxidation sites excluding steroid dienone is 5. The highest BCUT2D eigenvalue weighted by Crippen LogP contribution is 2.38. The van der Waals surface area contributed by atoms with Crippen molar-refractivity contribution < 1.29 is 32.9 Å². The van der Waals surface area contributed by atoms with Crippen LogP contribution in [0, 0.1) is 0 Å². The van der Waals surface area contributed by atoms with E-state index in [-0.39, 0.29) is 19.1 Å². The van der Waals surface area contributed by atoms with E-state index in [1.54, 1.807) is 6.08 Å². The average molecular weight is 1110 g/mol. The first-order valence-corrected chi connectivity index (χ1v) is 35.3. The summed E-state index contributed by atoms with van der Waals surface area (Å²) in [6.45, 7) is 4.68. The molecule has 0 spiro atoms. The minimum absolute atomic E-state index is 0.00438. The van der Waals surface area contributed by atoms with Crippen LogP contribution in [-0.2, 0) is 18.4 Å². The van der Waals surface area contributed by atoms with Crippen molar-refractivity contribution in [3.05, 3.63) is 36.5 Å². The third kappa shape index (κ3) is 62.2. The van der Waals surface area contributed by atoms with Gasteiger partial charge < -0.3 is 28.8 Å². The number of quaternary nitrogens is 1. The summed E-state index contributed by atoms with van der Waals surface area (Å²) in [4.78, 5) is 25.6. The summed E-state index contributed by atoms with van der Waals surface area (Å²) >= 11 is 0. The Morgan fingerprint density at radius 3 is 1.05 bits per heavy atom. The molecule has 1 amide bonds. The molecule has 0 aliphatic heterocycles. The van der Waals surface area contributed by atoms with Crippen LogP contribution in [0.2, 0.25) is 0 Å². The normalized spacial score (nSPS) is 13.9. The maximum Gasteiger partial charge on any atom is 0.268 e. The van der Waals surface area contributed by atoms with E-state index in [9.17, 15) is 19.4 Å². The Bertz CT molecular complexity index is 1350. The zero-order valence-electron chi connectivity index (χ0n) is 52.2. The molecule has 0 aromatic heterocycles. The largest absolute Gasteiger partial charge is 0.756 e. The SMILES string of the molecule is CCCCCCCCCC/C=C\CCCCCCCCCCCCCCCCCCCCCCCCCC(=O)NC(COP(=O)([O-])OCC[N+](C)(C)C)C(O)/C=C/CC/C=C/CCCCCCCCCCCCCCCC. The Morgan fingerprint density at radius 2 is 0.727 bits per heavy atom. The van der Waals surface area contributed by atoms with Gasteiger partial charge in [-0.1, -0.05) is 314 Å². The summed E-state index contributed by atoms with van der Waals surface area (Å²) in [6, 6.07) is -0.902. The van der Waals surface area contributed by atoms with Crippen molar-refractivity contribution in [1.29, 1.82) is 0 Å². The zero-order chi connectivity index (χ0) is 56.3. The van der Waals surface area contributed by atoms with Gasteiger partial charge in [0.05, 0.1) is 39.9 Å². The number of likely N-dealkylation sites (N-methyl/N-ethyl adjacent to an activating group) is 1. The molecular formula is C68H133N2O6P. The van der Waals surface area contributed by atoms with Gasteiger partial charge in [-0.05, 0) is 57.8 Å². The van der Waals surface area contributed by atoms with Crippen LogP contribution in [0.15, 0.2) is 36.5 Å². The van der Waals surface area contributed by atoms with Gasteiger partial charge in [0.1, 0.15) is 13.2 Å². The quantitative estimate of drug-likeness (QED) is 0.0272. The number of rotatable bonds is 63. The third-order valence-electron chi connectivity index (χ3n) is 15.6. The van der Waals surface area contributed by atoms with Gasteiger partial charge in [-0.25, -0.2) is 0 Å². The fourth-order valence-electron chi connectivity index (χ4n) is 10.3. The summed E-state index contributed by atoms with van der Waals surface area (Å²) < 4.78 is 23.4. The van der Waals surface area contributed by atoms with Crippen LogP contribution < -0.4 is 10.2 Å². The van der Waals surface area contributed by atoms with E-state index in [1.807, 2.05) is 27.2 Å². The Morgan fingerprint density at radius 1 is 0.442 bits per heavy atom. The van der Waals surface area contributed by atoms with E-state index in [4.69, 9.17) is 9.05 Å². The van der Waals surface area contributed by atoms with E-state index in [2.05, 4.69) is 43.5 Å². The molecule has 0 aliphatic carbocycles. The summed E-state index contributed by atoms with van der Waals surface area (Å²) in [6.07, 6.45) is 78.4. The van der Waals surface area contributed by atoms with Crippen LogP contribution >= 0.6 is 7.82 Å². The first kappa shape index (κ1) is 75.7. The Kier molecular flexibility index (Phi) is 58.4. The average Bonchev–Trinajstić information content (AvgIpc) is 3.39. The Balaban J connectivity index is 4.01. The summed E-state index contributed by atoms with van der Waals surface area (Å²) in [7, 11) is 1.26. The number of nitrogens with zero attached hydrogens (tertiary/aromatic N) is 1. The number of phosphoric acid groups is 1. The van der Waals surface area contributed by atoms with Crippen molar-refractivity contribution in [2.75, 3.05) is 40.9 Å². The maximum absolute atomic E-state index is 13.0. The molecule has 0 fully saturated rings. The molecule has 0 rings (SSSR count). The van der Waals surface area contributed by atoms with Crippen molar-refractivity contribution in [3.8, 4) is 0 Å². The smallest absolute Gasteiger partial charge is 0.268 e. The van der Waals surface area contributed by atoms with Gasteiger partial charge in [0, 0.05) is 6.42 Å². The van der Waals surface area contributed by atoms with Gasteiger partial charge in [0.15, 0.2) is 0 Å². The molecule has 8 nitrogen and oxygen atoms in total. The van der Waals surface area contributed by atoms with Crippen molar-refractivity contribution in [3.63, 3.8) is 0 Å². The molecule has 9 heteroatoms. The van der Waals surface area contributed by atoms with Crippen LogP contribution in [0.3, 0.4) is 0 Å². The highest BCUT2D eigenvalue weighted by molar-refractivity contribution is 7.45. The molecule has 0 aliphatic rings.